The molecule has 0 aromatic heterocycles. The van der Waals surface area contributed by atoms with Crippen molar-refractivity contribution >= 4 is 17.6 Å². The number of hydrogen-bond donors (Lipinski definition) is 0. The highest BCUT2D eigenvalue weighted by atomic mass is 16.2. The molecule has 0 radical (unpaired) electrons. The standard InChI is InChI=1S/C26H27N3O2/c1-21-12-14-24(15-13-21)29-17-16-27(26(29)31)20-25(30)28(18-22-8-4-2-5-9-22)19-23-10-6-3-7-11-23/h2-15H,16-20H2,1H3. The van der Waals surface area contributed by atoms with Gasteiger partial charge in [0.1, 0.15) is 6.54 Å². The van der Waals surface area contributed by atoms with Gasteiger partial charge in [-0.1, -0.05) is 78.4 Å². The number of amides is 3. The van der Waals surface area contributed by atoms with Crippen molar-refractivity contribution in [3.63, 3.8) is 0 Å². The van der Waals surface area contributed by atoms with Crippen LogP contribution in [0.3, 0.4) is 0 Å². The second-order valence-electron chi connectivity index (χ2n) is 7.91. The Bertz CT molecular complexity index is 978. The van der Waals surface area contributed by atoms with Gasteiger partial charge in [0.25, 0.3) is 0 Å². The van der Waals surface area contributed by atoms with E-state index in [1.54, 1.807) is 9.80 Å². The summed E-state index contributed by atoms with van der Waals surface area (Å²) in [5.74, 6) is -0.0492. The van der Waals surface area contributed by atoms with Gasteiger partial charge in [-0.05, 0) is 30.2 Å². The third-order valence-electron chi connectivity index (χ3n) is 5.55. The van der Waals surface area contributed by atoms with Gasteiger partial charge in [-0.25, -0.2) is 4.79 Å². The quantitative estimate of drug-likeness (QED) is 0.574. The van der Waals surface area contributed by atoms with E-state index in [1.807, 2.05) is 96.8 Å². The summed E-state index contributed by atoms with van der Waals surface area (Å²) in [7, 11) is 0. The third kappa shape index (κ3) is 5.12. The maximum Gasteiger partial charge on any atom is 0.325 e. The van der Waals surface area contributed by atoms with Gasteiger partial charge in [0.05, 0.1) is 0 Å². The molecule has 0 aliphatic carbocycles. The number of aryl methyl sites for hydroxylation is 1. The molecule has 5 nitrogen and oxygen atoms in total. The molecule has 0 saturated carbocycles. The minimum Gasteiger partial charge on any atom is -0.333 e. The van der Waals surface area contributed by atoms with Crippen LogP contribution in [0.2, 0.25) is 0 Å². The molecule has 0 spiro atoms. The highest BCUT2D eigenvalue weighted by Crippen LogP contribution is 2.21. The summed E-state index contributed by atoms with van der Waals surface area (Å²) < 4.78 is 0. The minimum absolute atomic E-state index is 0.0492. The highest BCUT2D eigenvalue weighted by molar-refractivity contribution is 5.96. The molecule has 1 saturated heterocycles. The van der Waals surface area contributed by atoms with Gasteiger partial charge >= 0.3 is 6.03 Å². The molecule has 0 unspecified atom stereocenters. The number of carbonyl (C=O) groups is 2. The lowest BCUT2D eigenvalue weighted by Gasteiger charge is -2.26. The predicted molar refractivity (Wildman–Crippen MR) is 123 cm³/mol. The molecule has 1 heterocycles. The van der Waals surface area contributed by atoms with E-state index in [2.05, 4.69) is 0 Å². The first-order chi connectivity index (χ1) is 15.1. The lowest BCUT2D eigenvalue weighted by atomic mass is 10.1. The minimum atomic E-state index is -0.114. The Morgan fingerprint density at radius 1 is 0.806 bits per heavy atom. The Morgan fingerprint density at radius 3 is 1.90 bits per heavy atom. The van der Waals surface area contributed by atoms with Crippen molar-refractivity contribution in [2.24, 2.45) is 0 Å². The Morgan fingerprint density at radius 2 is 1.35 bits per heavy atom. The second kappa shape index (κ2) is 9.47. The fourth-order valence-electron chi connectivity index (χ4n) is 3.80. The summed E-state index contributed by atoms with van der Waals surface area (Å²) in [6.45, 7) is 4.27. The smallest absolute Gasteiger partial charge is 0.325 e. The largest absolute Gasteiger partial charge is 0.333 e. The topological polar surface area (TPSA) is 43.9 Å². The van der Waals surface area contributed by atoms with Gasteiger partial charge in [0.2, 0.25) is 5.91 Å². The number of benzene rings is 3. The molecular formula is C26H27N3O2. The first-order valence-electron chi connectivity index (χ1n) is 10.6. The molecule has 0 bridgehead atoms. The van der Waals surface area contributed by atoms with Crippen LogP contribution in [0.1, 0.15) is 16.7 Å². The molecule has 1 aliphatic heterocycles. The van der Waals surface area contributed by atoms with Gasteiger partial charge in [0.15, 0.2) is 0 Å². The molecule has 3 amide bonds. The van der Waals surface area contributed by atoms with Crippen molar-refractivity contribution in [2.75, 3.05) is 24.5 Å². The van der Waals surface area contributed by atoms with E-state index in [4.69, 9.17) is 0 Å². The predicted octanol–water partition coefficient (Wildman–Crippen LogP) is 4.47. The van der Waals surface area contributed by atoms with Crippen LogP contribution >= 0.6 is 0 Å². The number of rotatable bonds is 7. The van der Waals surface area contributed by atoms with Crippen molar-refractivity contribution in [1.29, 1.82) is 0 Å². The van der Waals surface area contributed by atoms with Gasteiger partial charge in [-0.15, -0.1) is 0 Å². The van der Waals surface area contributed by atoms with Crippen LogP contribution in [-0.2, 0) is 17.9 Å². The molecule has 1 fully saturated rings. The first-order valence-corrected chi connectivity index (χ1v) is 10.6. The zero-order valence-electron chi connectivity index (χ0n) is 17.8. The highest BCUT2D eigenvalue weighted by Gasteiger charge is 2.32. The molecular weight excluding hydrogens is 386 g/mol. The average Bonchev–Trinajstić information content (AvgIpc) is 3.15. The van der Waals surface area contributed by atoms with Crippen LogP contribution in [0.5, 0.6) is 0 Å². The van der Waals surface area contributed by atoms with Crippen LogP contribution in [0, 0.1) is 6.92 Å². The molecule has 3 aromatic rings. The SMILES string of the molecule is Cc1ccc(N2CCN(CC(=O)N(Cc3ccccc3)Cc3ccccc3)C2=O)cc1. The van der Waals surface area contributed by atoms with Crippen LogP contribution in [0.25, 0.3) is 0 Å². The van der Waals surface area contributed by atoms with E-state index in [-0.39, 0.29) is 18.5 Å². The molecule has 5 heteroatoms. The zero-order valence-corrected chi connectivity index (χ0v) is 17.8. The monoisotopic (exact) mass is 413 g/mol. The second-order valence-corrected chi connectivity index (χ2v) is 7.91. The Balaban J connectivity index is 1.46. The van der Waals surface area contributed by atoms with Crippen molar-refractivity contribution in [3.8, 4) is 0 Å². The average molecular weight is 414 g/mol. The van der Waals surface area contributed by atoms with Crippen molar-refractivity contribution in [3.05, 3.63) is 102 Å². The summed E-state index contributed by atoms with van der Waals surface area (Å²) >= 11 is 0. The molecule has 3 aromatic carbocycles. The van der Waals surface area contributed by atoms with E-state index < -0.39 is 0 Å². The Labute approximate surface area is 183 Å². The van der Waals surface area contributed by atoms with Gasteiger partial charge in [0, 0.05) is 31.9 Å². The fourth-order valence-corrected chi connectivity index (χ4v) is 3.80. The number of nitrogens with zero attached hydrogens (tertiary/aromatic N) is 3. The van der Waals surface area contributed by atoms with Crippen molar-refractivity contribution < 1.29 is 9.59 Å². The lowest BCUT2D eigenvalue weighted by molar-refractivity contribution is -0.132. The van der Waals surface area contributed by atoms with Crippen LogP contribution in [-0.4, -0.2) is 41.4 Å². The number of urea groups is 1. The molecule has 1 aliphatic rings. The molecule has 4 rings (SSSR count). The van der Waals surface area contributed by atoms with Gasteiger partial charge in [-0.2, -0.15) is 0 Å². The van der Waals surface area contributed by atoms with E-state index in [0.717, 1.165) is 22.4 Å². The fraction of sp³-hybridized carbons (Fsp3) is 0.231. The Kier molecular flexibility index (Phi) is 6.32. The van der Waals surface area contributed by atoms with Crippen molar-refractivity contribution in [1.82, 2.24) is 9.80 Å². The van der Waals surface area contributed by atoms with Crippen molar-refractivity contribution in [2.45, 2.75) is 20.0 Å². The summed E-state index contributed by atoms with van der Waals surface area (Å²) in [6, 6.07) is 27.7. The zero-order chi connectivity index (χ0) is 21.6. The maximum absolute atomic E-state index is 13.3. The summed E-state index contributed by atoms with van der Waals surface area (Å²) in [6.07, 6.45) is 0. The molecule has 31 heavy (non-hydrogen) atoms. The molecule has 0 N–H and O–H groups in total. The lowest BCUT2D eigenvalue weighted by Crippen LogP contribution is -2.41. The van der Waals surface area contributed by atoms with E-state index in [1.165, 1.54) is 0 Å². The summed E-state index contributed by atoms with van der Waals surface area (Å²) in [5.41, 5.74) is 4.16. The van der Waals surface area contributed by atoms with E-state index in [0.29, 0.717) is 26.2 Å². The first kappa shape index (κ1) is 20.7. The normalized spacial score (nSPS) is 13.5. The van der Waals surface area contributed by atoms with E-state index in [9.17, 15) is 9.59 Å². The van der Waals surface area contributed by atoms with Crippen LogP contribution in [0.15, 0.2) is 84.9 Å². The molecule has 0 atom stereocenters. The van der Waals surface area contributed by atoms with Crippen LogP contribution in [0.4, 0.5) is 10.5 Å². The van der Waals surface area contributed by atoms with E-state index >= 15 is 0 Å². The third-order valence-corrected chi connectivity index (χ3v) is 5.55. The summed E-state index contributed by atoms with van der Waals surface area (Å²) in [4.78, 5) is 31.4. The van der Waals surface area contributed by atoms with Gasteiger partial charge < -0.3 is 9.80 Å². The maximum atomic E-state index is 13.3. The summed E-state index contributed by atoms with van der Waals surface area (Å²) in [5, 5.41) is 0. The van der Waals surface area contributed by atoms with Crippen LogP contribution < -0.4 is 4.90 Å². The molecule has 158 valence electrons. The number of anilines is 1. The number of carbonyl (C=O) groups excluding carboxylic acids is 2. The number of hydrogen-bond acceptors (Lipinski definition) is 2. The Hall–Kier alpha value is -3.60. The van der Waals surface area contributed by atoms with Gasteiger partial charge in [-0.3, -0.25) is 9.69 Å².